The third kappa shape index (κ3) is 5.57. The molecule has 0 aromatic carbocycles. The smallest absolute Gasteiger partial charge is 0.234 e. The van der Waals surface area contributed by atoms with Crippen LogP contribution in [0.2, 0.25) is 0 Å². The molecule has 4 nitrogen and oxygen atoms in total. The van der Waals surface area contributed by atoms with Crippen molar-refractivity contribution in [2.24, 2.45) is 11.5 Å². The summed E-state index contributed by atoms with van der Waals surface area (Å²) in [6.45, 7) is 4.38. The molecule has 0 radical (unpaired) electrons. The standard InChI is InChI=1S/C7H14N2O2/c1-2-4-11-5-3-6(8)7(9)10/h2,6H,1,3-5,8H2,(H2,9,10). The van der Waals surface area contributed by atoms with E-state index in [9.17, 15) is 4.79 Å². The SMILES string of the molecule is C=CCOCCC(N)C(N)=O. The van der Waals surface area contributed by atoms with E-state index in [-0.39, 0.29) is 0 Å². The normalized spacial score (nSPS) is 12.5. The van der Waals surface area contributed by atoms with Crippen molar-refractivity contribution in [2.45, 2.75) is 12.5 Å². The first-order valence-corrected chi connectivity index (χ1v) is 3.42. The maximum Gasteiger partial charge on any atom is 0.234 e. The lowest BCUT2D eigenvalue weighted by atomic mass is 10.2. The molecule has 0 fully saturated rings. The van der Waals surface area contributed by atoms with Crippen LogP contribution in [-0.2, 0) is 9.53 Å². The first-order chi connectivity index (χ1) is 5.18. The van der Waals surface area contributed by atoms with Crippen LogP contribution in [0.15, 0.2) is 12.7 Å². The van der Waals surface area contributed by atoms with Crippen LogP contribution >= 0.6 is 0 Å². The Morgan fingerprint density at radius 3 is 2.82 bits per heavy atom. The van der Waals surface area contributed by atoms with E-state index in [0.29, 0.717) is 19.6 Å². The van der Waals surface area contributed by atoms with Gasteiger partial charge in [0.2, 0.25) is 5.91 Å². The van der Waals surface area contributed by atoms with Crippen LogP contribution in [0.4, 0.5) is 0 Å². The third-order valence-corrected chi connectivity index (χ3v) is 1.17. The minimum absolute atomic E-state index is 0.441. The Hall–Kier alpha value is -0.870. The Bertz CT molecular complexity index is 136. The van der Waals surface area contributed by atoms with Crippen LogP contribution in [0.1, 0.15) is 6.42 Å². The molecule has 0 spiro atoms. The van der Waals surface area contributed by atoms with Crippen molar-refractivity contribution in [1.29, 1.82) is 0 Å². The fourth-order valence-corrected chi connectivity index (χ4v) is 0.519. The van der Waals surface area contributed by atoms with E-state index >= 15 is 0 Å². The molecule has 0 aromatic heterocycles. The van der Waals surface area contributed by atoms with E-state index < -0.39 is 11.9 Å². The van der Waals surface area contributed by atoms with E-state index in [4.69, 9.17) is 16.2 Å². The number of hydrogen-bond acceptors (Lipinski definition) is 3. The van der Waals surface area contributed by atoms with Crippen LogP contribution < -0.4 is 11.5 Å². The van der Waals surface area contributed by atoms with Crippen molar-refractivity contribution in [2.75, 3.05) is 13.2 Å². The Morgan fingerprint density at radius 1 is 1.73 bits per heavy atom. The monoisotopic (exact) mass is 158 g/mol. The molecule has 0 bridgehead atoms. The Kier molecular flexibility index (Phi) is 5.42. The Labute approximate surface area is 66.2 Å². The van der Waals surface area contributed by atoms with Crippen molar-refractivity contribution >= 4 is 5.91 Å². The molecule has 1 atom stereocenters. The molecule has 1 unspecified atom stereocenters. The summed E-state index contributed by atoms with van der Waals surface area (Å²) < 4.78 is 5.00. The van der Waals surface area contributed by atoms with Gasteiger partial charge in [0.25, 0.3) is 0 Å². The number of carbonyl (C=O) groups is 1. The zero-order valence-electron chi connectivity index (χ0n) is 6.45. The summed E-state index contributed by atoms with van der Waals surface area (Å²) in [5.74, 6) is -0.493. The van der Waals surface area contributed by atoms with Crippen LogP contribution in [0.5, 0.6) is 0 Å². The van der Waals surface area contributed by atoms with Gasteiger partial charge in [0.1, 0.15) is 0 Å². The molecule has 0 saturated heterocycles. The van der Waals surface area contributed by atoms with Gasteiger partial charge in [-0.15, -0.1) is 6.58 Å². The number of primary amides is 1. The summed E-state index contributed by atoms with van der Waals surface area (Å²) >= 11 is 0. The number of ether oxygens (including phenoxy) is 1. The first kappa shape index (κ1) is 10.1. The van der Waals surface area contributed by atoms with Gasteiger partial charge < -0.3 is 16.2 Å². The summed E-state index contributed by atoms with van der Waals surface area (Å²) in [5, 5.41) is 0. The van der Waals surface area contributed by atoms with Crippen LogP contribution in [-0.4, -0.2) is 25.2 Å². The lowest BCUT2D eigenvalue weighted by Crippen LogP contribution is -2.37. The number of carbonyl (C=O) groups excluding carboxylic acids is 1. The second-order valence-corrected chi connectivity index (χ2v) is 2.16. The highest BCUT2D eigenvalue weighted by Gasteiger charge is 2.07. The average Bonchev–Trinajstić information content (AvgIpc) is 1.97. The van der Waals surface area contributed by atoms with E-state index in [1.807, 2.05) is 0 Å². The average molecular weight is 158 g/mol. The molecule has 0 saturated carbocycles. The maximum absolute atomic E-state index is 10.4. The highest BCUT2D eigenvalue weighted by molar-refractivity contribution is 5.79. The Morgan fingerprint density at radius 2 is 2.36 bits per heavy atom. The van der Waals surface area contributed by atoms with E-state index in [2.05, 4.69) is 6.58 Å². The molecule has 4 N–H and O–H groups in total. The zero-order valence-corrected chi connectivity index (χ0v) is 6.45. The van der Waals surface area contributed by atoms with Gasteiger partial charge in [-0.1, -0.05) is 6.08 Å². The maximum atomic E-state index is 10.4. The van der Waals surface area contributed by atoms with E-state index in [1.54, 1.807) is 6.08 Å². The minimum Gasteiger partial charge on any atom is -0.377 e. The lowest BCUT2D eigenvalue weighted by molar-refractivity contribution is -0.119. The van der Waals surface area contributed by atoms with Crippen molar-refractivity contribution in [1.82, 2.24) is 0 Å². The highest BCUT2D eigenvalue weighted by Crippen LogP contribution is 1.87. The number of rotatable bonds is 6. The predicted octanol–water partition coefficient (Wildman–Crippen LogP) is -0.608. The molecule has 0 heterocycles. The number of amides is 1. The van der Waals surface area contributed by atoms with Crippen molar-refractivity contribution in [3.63, 3.8) is 0 Å². The van der Waals surface area contributed by atoms with Crippen LogP contribution in [0.3, 0.4) is 0 Å². The molecule has 11 heavy (non-hydrogen) atoms. The fraction of sp³-hybridized carbons (Fsp3) is 0.571. The van der Waals surface area contributed by atoms with Gasteiger partial charge >= 0.3 is 0 Å². The third-order valence-electron chi connectivity index (χ3n) is 1.17. The summed E-state index contributed by atoms with van der Waals surface area (Å²) in [7, 11) is 0. The molecule has 64 valence electrons. The number of nitrogens with two attached hydrogens (primary N) is 2. The first-order valence-electron chi connectivity index (χ1n) is 3.42. The summed E-state index contributed by atoms with van der Waals surface area (Å²) in [6.07, 6.45) is 2.10. The molecule has 1 amide bonds. The van der Waals surface area contributed by atoms with Crippen LogP contribution in [0, 0.1) is 0 Å². The highest BCUT2D eigenvalue weighted by atomic mass is 16.5. The van der Waals surface area contributed by atoms with Gasteiger partial charge in [0.05, 0.1) is 12.6 Å². The van der Waals surface area contributed by atoms with Crippen LogP contribution in [0.25, 0.3) is 0 Å². The van der Waals surface area contributed by atoms with Crippen molar-refractivity contribution in [3.05, 3.63) is 12.7 Å². The summed E-state index contributed by atoms with van der Waals surface area (Å²) in [6, 6.07) is -0.597. The van der Waals surface area contributed by atoms with E-state index in [0.717, 1.165) is 0 Å². The Balaban J connectivity index is 3.24. The molecular formula is C7H14N2O2. The molecule has 0 aromatic rings. The summed E-state index contributed by atoms with van der Waals surface area (Å²) in [4.78, 5) is 10.4. The number of hydrogen-bond donors (Lipinski definition) is 2. The largest absolute Gasteiger partial charge is 0.377 e. The van der Waals surface area contributed by atoms with Gasteiger partial charge in [0, 0.05) is 6.61 Å². The fourth-order valence-electron chi connectivity index (χ4n) is 0.519. The lowest BCUT2D eigenvalue weighted by Gasteiger charge is -2.05. The summed E-state index contributed by atoms with van der Waals surface area (Å²) in [5.41, 5.74) is 10.2. The van der Waals surface area contributed by atoms with Gasteiger partial charge in [-0.25, -0.2) is 0 Å². The van der Waals surface area contributed by atoms with Gasteiger partial charge in [-0.2, -0.15) is 0 Å². The van der Waals surface area contributed by atoms with Crippen molar-refractivity contribution < 1.29 is 9.53 Å². The zero-order chi connectivity index (χ0) is 8.69. The molecule has 0 rings (SSSR count). The predicted molar refractivity (Wildman–Crippen MR) is 42.8 cm³/mol. The second-order valence-electron chi connectivity index (χ2n) is 2.16. The quantitative estimate of drug-likeness (QED) is 0.400. The molecule has 4 heteroatoms. The van der Waals surface area contributed by atoms with Gasteiger partial charge in [-0.3, -0.25) is 4.79 Å². The van der Waals surface area contributed by atoms with Gasteiger partial charge in [0.15, 0.2) is 0 Å². The molecular weight excluding hydrogens is 144 g/mol. The van der Waals surface area contributed by atoms with Gasteiger partial charge in [-0.05, 0) is 6.42 Å². The second kappa shape index (κ2) is 5.88. The van der Waals surface area contributed by atoms with Crippen molar-refractivity contribution in [3.8, 4) is 0 Å². The molecule has 0 aliphatic carbocycles. The topological polar surface area (TPSA) is 78.3 Å². The van der Waals surface area contributed by atoms with E-state index in [1.165, 1.54) is 0 Å². The molecule has 0 aliphatic rings. The molecule has 0 aliphatic heterocycles. The minimum atomic E-state index is -0.597.